The Morgan fingerprint density at radius 1 is 1.29 bits per heavy atom. The zero-order chi connectivity index (χ0) is 13.2. The number of rotatable bonds is 3. The fraction of sp³-hybridized carbons (Fsp3) is 0.429. The zero-order valence-electron chi connectivity index (χ0n) is 11.2. The minimum absolute atomic E-state index is 0.0111. The van der Waals surface area contributed by atoms with Crippen LogP contribution in [0.15, 0.2) is 17.1 Å². The Morgan fingerprint density at radius 3 is 2.29 bits per heavy atom. The molecular formula is C14H20N2O. The van der Waals surface area contributed by atoms with Crippen LogP contribution in [0.4, 0.5) is 5.69 Å². The Labute approximate surface area is 103 Å². The Bertz CT molecular complexity index is 473. The van der Waals surface area contributed by atoms with Gasteiger partial charge in [-0.1, -0.05) is 13.8 Å². The maximum Gasteiger partial charge on any atom is 0.161 e. The molecule has 0 aromatic heterocycles. The van der Waals surface area contributed by atoms with Crippen molar-refractivity contribution < 1.29 is 4.79 Å². The van der Waals surface area contributed by atoms with Crippen LogP contribution in [0.5, 0.6) is 0 Å². The molecule has 0 radical (unpaired) electrons. The molecule has 1 aromatic carbocycles. The van der Waals surface area contributed by atoms with E-state index in [1.165, 1.54) is 6.92 Å². The van der Waals surface area contributed by atoms with Crippen molar-refractivity contribution in [3.63, 3.8) is 0 Å². The van der Waals surface area contributed by atoms with Crippen molar-refractivity contribution in [3.8, 4) is 0 Å². The highest BCUT2D eigenvalue weighted by Crippen LogP contribution is 2.22. The molecule has 0 spiro atoms. The van der Waals surface area contributed by atoms with Gasteiger partial charge in [0.25, 0.3) is 0 Å². The molecule has 17 heavy (non-hydrogen) atoms. The highest BCUT2D eigenvalue weighted by molar-refractivity contribution is 6.07. The first-order valence-corrected chi connectivity index (χ1v) is 5.76. The van der Waals surface area contributed by atoms with Crippen molar-refractivity contribution in [1.29, 1.82) is 0 Å². The lowest BCUT2D eigenvalue weighted by Crippen LogP contribution is -2.13. The van der Waals surface area contributed by atoms with Crippen molar-refractivity contribution in [2.24, 2.45) is 10.9 Å². The molecule has 0 aliphatic carbocycles. The molecule has 0 saturated heterocycles. The van der Waals surface area contributed by atoms with Gasteiger partial charge in [0.1, 0.15) is 0 Å². The van der Waals surface area contributed by atoms with E-state index in [-0.39, 0.29) is 5.78 Å². The van der Waals surface area contributed by atoms with Crippen LogP contribution in [0.25, 0.3) is 0 Å². The molecule has 0 saturated carbocycles. The van der Waals surface area contributed by atoms with E-state index in [0.717, 1.165) is 16.8 Å². The molecule has 0 unspecified atom stereocenters. The van der Waals surface area contributed by atoms with Crippen LogP contribution in [-0.4, -0.2) is 18.5 Å². The van der Waals surface area contributed by atoms with E-state index in [1.807, 2.05) is 19.1 Å². The van der Waals surface area contributed by atoms with Crippen LogP contribution in [-0.2, 0) is 0 Å². The first kappa shape index (κ1) is 13.4. The molecule has 0 fully saturated rings. The molecule has 3 nitrogen and oxygen atoms in total. The van der Waals surface area contributed by atoms with Crippen molar-refractivity contribution in [3.05, 3.63) is 28.8 Å². The van der Waals surface area contributed by atoms with Crippen molar-refractivity contribution in [2.75, 3.05) is 12.8 Å². The number of aliphatic imine (C=N–C) groups is 1. The van der Waals surface area contributed by atoms with Gasteiger partial charge in [0, 0.05) is 24.0 Å². The molecule has 0 aliphatic rings. The molecule has 1 rings (SSSR count). The van der Waals surface area contributed by atoms with Gasteiger partial charge in [0.05, 0.1) is 0 Å². The number of Topliss-reactive ketones (excluding diaryl/α,β-unsaturated/α-hetero) is 1. The van der Waals surface area contributed by atoms with Gasteiger partial charge < -0.3 is 5.73 Å². The SMILES string of the molecule is CN=C(c1cc(C(C)=O)c(N)cc1C)C(C)C. The molecule has 0 aliphatic heterocycles. The van der Waals surface area contributed by atoms with Crippen LogP contribution in [0.3, 0.4) is 0 Å². The number of hydrogen-bond acceptors (Lipinski definition) is 3. The summed E-state index contributed by atoms with van der Waals surface area (Å²) in [6.07, 6.45) is 0. The Hall–Kier alpha value is -1.64. The number of carbonyl (C=O) groups is 1. The number of nitrogens with two attached hydrogens (primary N) is 1. The number of carbonyl (C=O) groups excluding carboxylic acids is 1. The van der Waals surface area contributed by atoms with E-state index in [4.69, 9.17) is 5.73 Å². The summed E-state index contributed by atoms with van der Waals surface area (Å²) in [5.41, 5.74) is 10.0. The van der Waals surface area contributed by atoms with E-state index in [0.29, 0.717) is 17.2 Å². The number of anilines is 1. The van der Waals surface area contributed by atoms with Gasteiger partial charge in [-0.2, -0.15) is 0 Å². The Kier molecular flexibility index (Phi) is 4.05. The average Bonchev–Trinajstić information content (AvgIpc) is 2.21. The Morgan fingerprint density at radius 2 is 1.88 bits per heavy atom. The highest BCUT2D eigenvalue weighted by Gasteiger charge is 2.14. The average molecular weight is 232 g/mol. The molecule has 0 atom stereocenters. The number of aryl methyl sites for hydroxylation is 1. The number of hydrogen-bond donors (Lipinski definition) is 1. The van der Waals surface area contributed by atoms with Gasteiger partial charge in [-0.15, -0.1) is 0 Å². The van der Waals surface area contributed by atoms with Crippen LogP contribution in [0.1, 0.15) is 42.3 Å². The number of ketones is 1. The van der Waals surface area contributed by atoms with E-state index in [1.54, 1.807) is 7.05 Å². The highest BCUT2D eigenvalue weighted by atomic mass is 16.1. The lowest BCUT2D eigenvalue weighted by Gasteiger charge is -2.15. The fourth-order valence-electron chi connectivity index (χ4n) is 2.00. The number of nitrogens with zero attached hydrogens (tertiary/aromatic N) is 1. The summed E-state index contributed by atoms with van der Waals surface area (Å²) < 4.78 is 0. The molecule has 2 N–H and O–H groups in total. The predicted molar refractivity (Wildman–Crippen MR) is 72.9 cm³/mol. The predicted octanol–water partition coefficient (Wildman–Crippen LogP) is 2.85. The maximum absolute atomic E-state index is 11.5. The van der Waals surface area contributed by atoms with Crippen molar-refractivity contribution in [2.45, 2.75) is 27.7 Å². The van der Waals surface area contributed by atoms with E-state index in [9.17, 15) is 4.79 Å². The smallest absolute Gasteiger partial charge is 0.161 e. The summed E-state index contributed by atoms with van der Waals surface area (Å²) in [7, 11) is 1.78. The standard InChI is InChI=1S/C14H20N2O/c1-8(2)14(16-5)11-7-12(10(4)17)13(15)6-9(11)3/h6-8H,15H2,1-5H3. The molecule has 0 bridgehead atoms. The summed E-state index contributed by atoms with van der Waals surface area (Å²) in [6, 6.07) is 3.70. The fourth-order valence-corrected chi connectivity index (χ4v) is 2.00. The zero-order valence-corrected chi connectivity index (χ0v) is 11.2. The van der Waals surface area contributed by atoms with Gasteiger partial charge in [0.15, 0.2) is 5.78 Å². The first-order valence-electron chi connectivity index (χ1n) is 5.76. The van der Waals surface area contributed by atoms with Gasteiger partial charge in [-0.05, 0) is 43.0 Å². The van der Waals surface area contributed by atoms with Gasteiger partial charge in [-0.3, -0.25) is 9.79 Å². The lowest BCUT2D eigenvalue weighted by molar-refractivity contribution is 0.101. The van der Waals surface area contributed by atoms with E-state index in [2.05, 4.69) is 18.8 Å². The van der Waals surface area contributed by atoms with Gasteiger partial charge in [0.2, 0.25) is 0 Å². The summed E-state index contributed by atoms with van der Waals surface area (Å²) >= 11 is 0. The summed E-state index contributed by atoms with van der Waals surface area (Å²) in [4.78, 5) is 15.8. The molecule has 92 valence electrons. The minimum atomic E-state index is -0.0111. The third-order valence-electron chi connectivity index (χ3n) is 2.84. The van der Waals surface area contributed by atoms with Crippen LogP contribution in [0.2, 0.25) is 0 Å². The van der Waals surface area contributed by atoms with Crippen molar-refractivity contribution >= 4 is 17.2 Å². The molecule has 3 heteroatoms. The monoisotopic (exact) mass is 232 g/mol. The lowest BCUT2D eigenvalue weighted by atomic mass is 9.92. The summed E-state index contributed by atoms with van der Waals surface area (Å²) in [6.45, 7) is 7.70. The van der Waals surface area contributed by atoms with Crippen LogP contribution < -0.4 is 5.73 Å². The second-order valence-corrected chi connectivity index (χ2v) is 4.57. The summed E-state index contributed by atoms with van der Waals surface area (Å²) in [5.74, 6) is 0.310. The third kappa shape index (κ3) is 2.73. The van der Waals surface area contributed by atoms with E-state index < -0.39 is 0 Å². The topological polar surface area (TPSA) is 55.5 Å². The number of nitrogen functional groups attached to an aromatic ring is 1. The van der Waals surface area contributed by atoms with Crippen molar-refractivity contribution in [1.82, 2.24) is 0 Å². The van der Waals surface area contributed by atoms with Gasteiger partial charge in [-0.25, -0.2) is 0 Å². The third-order valence-corrected chi connectivity index (χ3v) is 2.84. The molecule has 0 amide bonds. The quantitative estimate of drug-likeness (QED) is 0.495. The maximum atomic E-state index is 11.5. The van der Waals surface area contributed by atoms with E-state index >= 15 is 0 Å². The Balaban J connectivity index is 3.44. The number of benzene rings is 1. The normalized spacial score (nSPS) is 12.0. The van der Waals surface area contributed by atoms with Crippen LogP contribution >= 0.6 is 0 Å². The summed E-state index contributed by atoms with van der Waals surface area (Å²) in [5, 5.41) is 0. The second-order valence-electron chi connectivity index (χ2n) is 4.57. The minimum Gasteiger partial charge on any atom is -0.398 e. The second kappa shape index (κ2) is 5.13. The molecule has 0 heterocycles. The van der Waals surface area contributed by atoms with Gasteiger partial charge >= 0.3 is 0 Å². The largest absolute Gasteiger partial charge is 0.398 e. The first-order chi connectivity index (χ1) is 7.88. The van der Waals surface area contributed by atoms with Crippen LogP contribution in [0, 0.1) is 12.8 Å². The molecule has 1 aromatic rings. The molecular weight excluding hydrogens is 212 g/mol.